The van der Waals surface area contributed by atoms with Gasteiger partial charge in [0.05, 0.1) is 11.7 Å². The van der Waals surface area contributed by atoms with Gasteiger partial charge in [-0.25, -0.2) is 0 Å². The summed E-state index contributed by atoms with van der Waals surface area (Å²) in [6, 6.07) is 1.23. The van der Waals surface area contributed by atoms with E-state index < -0.39 is 5.60 Å². The van der Waals surface area contributed by atoms with Gasteiger partial charge in [0.1, 0.15) is 0 Å². The number of allylic oxidation sites excluding steroid dienone is 2. The zero-order valence-electron chi connectivity index (χ0n) is 21.0. The molecule has 4 heteroatoms. The molecule has 2 aliphatic rings. The van der Waals surface area contributed by atoms with Gasteiger partial charge in [-0.05, 0) is 84.3 Å². The summed E-state index contributed by atoms with van der Waals surface area (Å²) in [6.45, 7) is 14.4. The minimum Gasteiger partial charge on any atom is -0.392 e. The number of fused-ring (bicyclic) bond motifs is 1. The third-order valence-electron chi connectivity index (χ3n) is 7.32. The van der Waals surface area contributed by atoms with Crippen LogP contribution in [0.2, 0.25) is 0 Å². The molecular formula is C27H49NO2S. The van der Waals surface area contributed by atoms with Crippen molar-refractivity contribution in [3.63, 3.8) is 0 Å². The summed E-state index contributed by atoms with van der Waals surface area (Å²) in [7, 11) is 0. The Morgan fingerprint density at radius 1 is 1.23 bits per heavy atom. The standard InChI is InChI=1S/C27H49NO2S/c1-7-8-12-27(6,30)13-9-10-24-25-18-22(17-23(25)19-26(24)29)11-15-31-16-14-28(20(2)3)21(4)5/h9-10,17,20-21,23-26,29-30H,7-8,11-16,18-19H2,1-6H3/b10-9+/t23-,24+,25-,26+,27-/m0/s1. The van der Waals surface area contributed by atoms with Crippen LogP contribution in [0.4, 0.5) is 0 Å². The number of nitrogens with zero attached hydrogens (tertiary/aromatic N) is 1. The summed E-state index contributed by atoms with van der Waals surface area (Å²) in [5.74, 6) is 3.77. The van der Waals surface area contributed by atoms with Crippen LogP contribution >= 0.6 is 11.8 Å². The molecule has 0 unspecified atom stereocenters. The summed E-state index contributed by atoms with van der Waals surface area (Å²) in [5.41, 5.74) is 0.985. The summed E-state index contributed by atoms with van der Waals surface area (Å²) in [4.78, 5) is 2.57. The molecular weight excluding hydrogens is 402 g/mol. The Morgan fingerprint density at radius 2 is 1.94 bits per heavy atom. The highest BCUT2D eigenvalue weighted by Crippen LogP contribution is 2.48. The number of thioether (sulfide) groups is 1. The molecule has 0 amide bonds. The molecule has 1 saturated carbocycles. The zero-order valence-corrected chi connectivity index (χ0v) is 21.8. The summed E-state index contributed by atoms with van der Waals surface area (Å²) in [5, 5.41) is 21.1. The predicted octanol–water partition coefficient (Wildman–Crippen LogP) is 6.06. The smallest absolute Gasteiger partial charge is 0.0654 e. The van der Waals surface area contributed by atoms with Crippen LogP contribution in [-0.2, 0) is 0 Å². The van der Waals surface area contributed by atoms with Crippen LogP contribution in [-0.4, -0.2) is 57.0 Å². The Bertz CT molecular complexity index is 576. The molecule has 0 aromatic heterocycles. The maximum Gasteiger partial charge on any atom is 0.0654 e. The molecule has 1 fully saturated rings. The minimum absolute atomic E-state index is 0.225. The van der Waals surface area contributed by atoms with Gasteiger partial charge >= 0.3 is 0 Å². The van der Waals surface area contributed by atoms with Crippen LogP contribution in [0.1, 0.15) is 86.5 Å². The van der Waals surface area contributed by atoms with E-state index >= 15 is 0 Å². The second kappa shape index (κ2) is 12.8. The first kappa shape index (κ1) is 27.0. The van der Waals surface area contributed by atoms with E-state index in [1.165, 1.54) is 24.5 Å². The lowest BCUT2D eigenvalue weighted by Gasteiger charge is -2.30. The first-order chi connectivity index (χ1) is 14.6. The first-order valence-electron chi connectivity index (χ1n) is 12.7. The molecule has 2 aliphatic carbocycles. The third-order valence-corrected chi connectivity index (χ3v) is 8.29. The van der Waals surface area contributed by atoms with Gasteiger partial charge < -0.3 is 10.2 Å². The average Bonchev–Trinajstić information content (AvgIpc) is 3.19. The van der Waals surface area contributed by atoms with Crippen molar-refractivity contribution in [1.82, 2.24) is 4.90 Å². The topological polar surface area (TPSA) is 43.7 Å². The van der Waals surface area contributed by atoms with Gasteiger partial charge in [-0.3, -0.25) is 4.90 Å². The lowest BCUT2D eigenvalue weighted by Crippen LogP contribution is -2.38. The van der Waals surface area contributed by atoms with Gasteiger partial charge in [0, 0.05) is 30.3 Å². The average molecular weight is 452 g/mol. The first-order valence-corrected chi connectivity index (χ1v) is 13.9. The minimum atomic E-state index is -0.619. The Kier molecular flexibility index (Phi) is 11.1. The molecule has 0 bridgehead atoms. The van der Waals surface area contributed by atoms with Gasteiger partial charge in [0.25, 0.3) is 0 Å². The highest BCUT2D eigenvalue weighted by Gasteiger charge is 2.43. The number of aliphatic hydroxyl groups excluding tert-OH is 1. The van der Waals surface area contributed by atoms with E-state index in [-0.39, 0.29) is 12.0 Å². The Labute approximate surface area is 196 Å². The van der Waals surface area contributed by atoms with Gasteiger partial charge in [0.15, 0.2) is 0 Å². The lowest BCUT2D eigenvalue weighted by molar-refractivity contribution is 0.0513. The van der Waals surface area contributed by atoms with E-state index in [4.69, 9.17) is 0 Å². The number of unbranched alkanes of at least 4 members (excludes halogenated alkanes) is 1. The largest absolute Gasteiger partial charge is 0.392 e. The molecule has 5 atom stereocenters. The number of aliphatic hydroxyl groups is 2. The maximum atomic E-state index is 10.6. The van der Waals surface area contributed by atoms with Crippen molar-refractivity contribution in [2.24, 2.45) is 17.8 Å². The summed E-state index contributed by atoms with van der Waals surface area (Å²) in [6.07, 6.45) is 13.6. The summed E-state index contributed by atoms with van der Waals surface area (Å²) >= 11 is 2.08. The zero-order chi connectivity index (χ0) is 23.0. The molecule has 0 heterocycles. The highest BCUT2D eigenvalue weighted by molar-refractivity contribution is 7.99. The molecule has 0 spiro atoms. The van der Waals surface area contributed by atoms with E-state index in [2.05, 4.69) is 69.5 Å². The van der Waals surface area contributed by atoms with E-state index in [1.807, 2.05) is 6.92 Å². The fourth-order valence-corrected chi connectivity index (χ4v) is 6.47. The van der Waals surface area contributed by atoms with Crippen LogP contribution in [0.15, 0.2) is 23.8 Å². The van der Waals surface area contributed by atoms with E-state index in [9.17, 15) is 10.2 Å². The van der Waals surface area contributed by atoms with E-state index in [0.717, 1.165) is 32.1 Å². The van der Waals surface area contributed by atoms with Crippen LogP contribution in [0.25, 0.3) is 0 Å². The monoisotopic (exact) mass is 451 g/mol. The van der Waals surface area contributed by atoms with Gasteiger partial charge in [-0.1, -0.05) is 43.6 Å². The molecule has 2 rings (SSSR count). The molecule has 3 nitrogen and oxygen atoms in total. The number of hydrogen-bond acceptors (Lipinski definition) is 4. The van der Waals surface area contributed by atoms with Crippen LogP contribution in [0, 0.1) is 17.8 Å². The number of rotatable bonds is 14. The third kappa shape index (κ3) is 8.53. The molecule has 0 aliphatic heterocycles. The molecule has 0 aromatic carbocycles. The Morgan fingerprint density at radius 3 is 2.58 bits per heavy atom. The molecule has 0 saturated heterocycles. The number of hydrogen-bond donors (Lipinski definition) is 2. The fraction of sp³-hybridized carbons (Fsp3) is 0.852. The van der Waals surface area contributed by atoms with Crippen LogP contribution < -0.4 is 0 Å². The van der Waals surface area contributed by atoms with Crippen LogP contribution in [0.5, 0.6) is 0 Å². The van der Waals surface area contributed by atoms with E-state index in [1.54, 1.807) is 5.57 Å². The molecule has 0 radical (unpaired) electrons. The normalized spacial score (nSPS) is 28.2. The second-order valence-electron chi connectivity index (χ2n) is 10.8. The van der Waals surface area contributed by atoms with Gasteiger partial charge in [-0.15, -0.1) is 0 Å². The Balaban J connectivity index is 1.74. The molecule has 2 N–H and O–H groups in total. The maximum absolute atomic E-state index is 10.6. The van der Waals surface area contributed by atoms with Gasteiger partial charge in [-0.2, -0.15) is 11.8 Å². The van der Waals surface area contributed by atoms with Crippen molar-refractivity contribution in [3.8, 4) is 0 Å². The predicted molar refractivity (Wildman–Crippen MR) is 137 cm³/mol. The van der Waals surface area contributed by atoms with Crippen LogP contribution in [0.3, 0.4) is 0 Å². The van der Waals surface area contributed by atoms with E-state index in [0.29, 0.717) is 30.3 Å². The quantitative estimate of drug-likeness (QED) is 0.249. The fourth-order valence-electron chi connectivity index (χ4n) is 5.52. The summed E-state index contributed by atoms with van der Waals surface area (Å²) < 4.78 is 0. The van der Waals surface area contributed by atoms with Crippen molar-refractivity contribution in [1.29, 1.82) is 0 Å². The van der Waals surface area contributed by atoms with Crippen molar-refractivity contribution >= 4 is 11.8 Å². The van der Waals surface area contributed by atoms with Crippen molar-refractivity contribution in [2.75, 3.05) is 18.1 Å². The van der Waals surface area contributed by atoms with Gasteiger partial charge in [0.2, 0.25) is 0 Å². The molecule has 180 valence electrons. The SMILES string of the molecule is CCCC[C@](C)(O)C/C=C/[C@@H]1[C@H]2CC(CCSCCN(C(C)C)C(C)C)=C[C@H]2C[C@H]1O. The lowest BCUT2D eigenvalue weighted by atomic mass is 9.88. The van der Waals surface area contributed by atoms with Crippen molar-refractivity contribution in [2.45, 2.75) is 110 Å². The molecule has 31 heavy (non-hydrogen) atoms. The second-order valence-corrected chi connectivity index (χ2v) is 12.0. The molecule has 0 aromatic rings. The highest BCUT2D eigenvalue weighted by atomic mass is 32.2. The van der Waals surface area contributed by atoms with Crippen molar-refractivity contribution in [3.05, 3.63) is 23.8 Å². The Hall–Kier alpha value is -0.290. The van der Waals surface area contributed by atoms with Crippen molar-refractivity contribution < 1.29 is 10.2 Å².